The van der Waals surface area contributed by atoms with Crippen molar-refractivity contribution in [2.45, 2.75) is 36.8 Å². The van der Waals surface area contributed by atoms with E-state index in [2.05, 4.69) is 19.2 Å². The highest BCUT2D eigenvalue weighted by Gasteiger charge is 2.18. The molecule has 1 atom stereocenters. The van der Waals surface area contributed by atoms with E-state index >= 15 is 0 Å². The van der Waals surface area contributed by atoms with Gasteiger partial charge in [0.05, 0.1) is 5.56 Å². The Morgan fingerprint density at radius 2 is 1.75 bits per heavy atom. The maximum Gasteiger partial charge on any atom is 0.316 e. The summed E-state index contributed by atoms with van der Waals surface area (Å²) < 4.78 is 0. The quantitative estimate of drug-likeness (QED) is 0.751. The van der Waals surface area contributed by atoms with Crippen LogP contribution in [0.1, 0.15) is 42.6 Å². The van der Waals surface area contributed by atoms with Crippen molar-refractivity contribution in [1.29, 1.82) is 0 Å². The summed E-state index contributed by atoms with van der Waals surface area (Å²) >= 11 is 1.16. The van der Waals surface area contributed by atoms with Gasteiger partial charge in [0.2, 0.25) is 0 Å². The number of hydrogen-bond donors (Lipinski definition) is 2. The van der Waals surface area contributed by atoms with E-state index in [0.29, 0.717) is 16.4 Å². The smallest absolute Gasteiger partial charge is 0.316 e. The molecule has 2 rings (SSSR count). The van der Waals surface area contributed by atoms with Gasteiger partial charge in [0.1, 0.15) is 5.25 Å². The van der Waals surface area contributed by atoms with Gasteiger partial charge in [-0.15, -0.1) is 11.8 Å². The van der Waals surface area contributed by atoms with Gasteiger partial charge in [-0.3, -0.25) is 9.59 Å². The molecule has 1 amide bonds. The van der Waals surface area contributed by atoms with Gasteiger partial charge in [-0.1, -0.05) is 38.1 Å². The highest BCUT2D eigenvalue weighted by atomic mass is 32.2. The van der Waals surface area contributed by atoms with Crippen molar-refractivity contribution < 1.29 is 14.7 Å². The average Bonchev–Trinajstić information content (AvgIpc) is 2.55. The molecule has 1 unspecified atom stereocenters. The van der Waals surface area contributed by atoms with E-state index in [0.717, 1.165) is 23.0 Å². The van der Waals surface area contributed by atoms with E-state index in [1.165, 1.54) is 0 Å². The Kier molecular flexibility index (Phi) is 6.04. The van der Waals surface area contributed by atoms with Crippen LogP contribution in [0.5, 0.6) is 0 Å². The molecule has 0 spiro atoms. The number of nitrogens with one attached hydrogen (secondary N) is 1. The molecule has 5 heteroatoms. The number of carbonyl (C=O) groups excluding carboxylic acids is 1. The van der Waals surface area contributed by atoms with Crippen molar-refractivity contribution in [3.63, 3.8) is 0 Å². The largest absolute Gasteiger partial charge is 0.480 e. The second kappa shape index (κ2) is 8.02. The van der Waals surface area contributed by atoms with Crippen LogP contribution in [0.2, 0.25) is 0 Å². The fourth-order valence-electron chi connectivity index (χ4n) is 2.17. The molecule has 0 saturated carbocycles. The van der Waals surface area contributed by atoms with Gasteiger partial charge in [0, 0.05) is 10.6 Å². The van der Waals surface area contributed by atoms with E-state index in [9.17, 15) is 9.59 Å². The van der Waals surface area contributed by atoms with Gasteiger partial charge in [-0.2, -0.15) is 0 Å². The van der Waals surface area contributed by atoms with Crippen LogP contribution in [0.3, 0.4) is 0 Å². The second-order valence-corrected chi connectivity index (χ2v) is 7.21. The van der Waals surface area contributed by atoms with Gasteiger partial charge in [0.25, 0.3) is 5.91 Å². The lowest BCUT2D eigenvalue weighted by Crippen LogP contribution is -2.15. The SMILES string of the molecule is CC(Sc1ccccc1C(=O)Nc1cccc(C(C)C)c1)C(=O)O. The zero-order valence-electron chi connectivity index (χ0n) is 13.9. The summed E-state index contributed by atoms with van der Waals surface area (Å²) in [4.78, 5) is 24.3. The van der Waals surface area contributed by atoms with E-state index in [1.54, 1.807) is 31.2 Å². The molecule has 0 saturated heterocycles. The van der Waals surface area contributed by atoms with E-state index in [1.807, 2.05) is 24.3 Å². The zero-order chi connectivity index (χ0) is 17.7. The first-order chi connectivity index (χ1) is 11.4. The molecule has 0 bridgehead atoms. The van der Waals surface area contributed by atoms with Crippen LogP contribution in [0, 0.1) is 0 Å². The lowest BCUT2D eigenvalue weighted by Gasteiger charge is -2.13. The Hall–Kier alpha value is -2.27. The molecule has 126 valence electrons. The fraction of sp³-hybridized carbons (Fsp3) is 0.263. The lowest BCUT2D eigenvalue weighted by atomic mass is 10.0. The van der Waals surface area contributed by atoms with Crippen LogP contribution in [0.25, 0.3) is 0 Å². The third-order valence-electron chi connectivity index (χ3n) is 3.59. The summed E-state index contributed by atoms with van der Waals surface area (Å²) in [7, 11) is 0. The molecule has 2 aromatic carbocycles. The van der Waals surface area contributed by atoms with E-state index < -0.39 is 11.2 Å². The average molecular weight is 343 g/mol. The Labute approximate surface area is 146 Å². The Balaban J connectivity index is 2.21. The molecule has 0 radical (unpaired) electrons. The standard InChI is InChI=1S/C19H21NO3S/c1-12(2)14-7-6-8-15(11-14)20-18(21)16-9-4-5-10-17(16)24-13(3)19(22)23/h4-13H,1-3H3,(H,20,21)(H,22,23). The number of anilines is 1. The summed E-state index contributed by atoms with van der Waals surface area (Å²) in [6.45, 7) is 5.80. The second-order valence-electron chi connectivity index (χ2n) is 5.83. The maximum atomic E-state index is 12.6. The van der Waals surface area contributed by atoms with Crippen molar-refractivity contribution in [2.75, 3.05) is 5.32 Å². The number of benzene rings is 2. The summed E-state index contributed by atoms with van der Waals surface area (Å²) in [6.07, 6.45) is 0. The van der Waals surface area contributed by atoms with Crippen LogP contribution in [-0.4, -0.2) is 22.2 Å². The monoisotopic (exact) mass is 343 g/mol. The van der Waals surface area contributed by atoms with Crippen molar-refractivity contribution >= 4 is 29.3 Å². The summed E-state index contributed by atoms with van der Waals surface area (Å²) in [5, 5.41) is 11.3. The van der Waals surface area contributed by atoms with Gasteiger partial charge < -0.3 is 10.4 Å². The van der Waals surface area contributed by atoms with Gasteiger partial charge in [0.15, 0.2) is 0 Å². The Morgan fingerprint density at radius 1 is 1.04 bits per heavy atom. The number of thioether (sulfide) groups is 1. The highest BCUT2D eigenvalue weighted by Crippen LogP contribution is 2.28. The number of amides is 1. The summed E-state index contributed by atoms with van der Waals surface area (Å²) in [5.41, 5.74) is 2.36. The van der Waals surface area contributed by atoms with Crippen LogP contribution >= 0.6 is 11.8 Å². The number of carboxylic acids is 1. The highest BCUT2D eigenvalue weighted by molar-refractivity contribution is 8.00. The lowest BCUT2D eigenvalue weighted by molar-refractivity contribution is -0.136. The maximum absolute atomic E-state index is 12.6. The number of aliphatic carboxylic acids is 1. The first kappa shape index (κ1) is 18.1. The molecular weight excluding hydrogens is 322 g/mol. The number of carboxylic acid groups (broad SMARTS) is 1. The predicted molar refractivity (Wildman–Crippen MR) is 97.9 cm³/mol. The molecule has 0 aliphatic carbocycles. The third-order valence-corrected chi connectivity index (χ3v) is 4.76. The fourth-order valence-corrected chi connectivity index (χ4v) is 3.10. The topological polar surface area (TPSA) is 66.4 Å². The minimum atomic E-state index is -0.903. The van der Waals surface area contributed by atoms with Gasteiger partial charge in [-0.25, -0.2) is 0 Å². The minimum Gasteiger partial charge on any atom is -0.480 e. The first-order valence-corrected chi connectivity index (χ1v) is 8.66. The molecular formula is C19H21NO3S. The van der Waals surface area contributed by atoms with Crippen molar-refractivity contribution in [2.24, 2.45) is 0 Å². The minimum absolute atomic E-state index is 0.239. The summed E-state index contributed by atoms with van der Waals surface area (Å²) in [6, 6.07) is 14.8. The number of carbonyl (C=O) groups is 2. The van der Waals surface area contributed by atoms with Crippen molar-refractivity contribution in [3.8, 4) is 0 Å². The van der Waals surface area contributed by atoms with Crippen molar-refractivity contribution in [1.82, 2.24) is 0 Å². The van der Waals surface area contributed by atoms with Crippen LogP contribution < -0.4 is 5.32 Å². The molecule has 2 aromatic rings. The molecule has 0 aliphatic heterocycles. The van der Waals surface area contributed by atoms with Crippen LogP contribution in [0.15, 0.2) is 53.4 Å². The molecule has 0 aromatic heterocycles. The molecule has 0 heterocycles. The van der Waals surface area contributed by atoms with E-state index in [4.69, 9.17) is 5.11 Å². The number of hydrogen-bond acceptors (Lipinski definition) is 3. The van der Waals surface area contributed by atoms with Crippen molar-refractivity contribution in [3.05, 3.63) is 59.7 Å². The number of rotatable bonds is 6. The van der Waals surface area contributed by atoms with Gasteiger partial charge in [-0.05, 0) is 42.7 Å². The van der Waals surface area contributed by atoms with E-state index in [-0.39, 0.29) is 5.91 Å². The van der Waals surface area contributed by atoms with Gasteiger partial charge >= 0.3 is 5.97 Å². The molecule has 2 N–H and O–H groups in total. The molecule has 4 nitrogen and oxygen atoms in total. The predicted octanol–water partition coefficient (Wildman–Crippen LogP) is 4.63. The normalized spacial score (nSPS) is 12.0. The van der Waals surface area contributed by atoms with Crippen LogP contribution in [-0.2, 0) is 4.79 Å². The molecule has 24 heavy (non-hydrogen) atoms. The third kappa shape index (κ3) is 4.61. The Morgan fingerprint density at radius 3 is 2.42 bits per heavy atom. The zero-order valence-corrected chi connectivity index (χ0v) is 14.8. The first-order valence-electron chi connectivity index (χ1n) is 7.78. The summed E-state index contributed by atoms with van der Waals surface area (Å²) in [5.74, 6) is -0.766. The molecule has 0 fully saturated rings. The van der Waals surface area contributed by atoms with Crippen LogP contribution in [0.4, 0.5) is 5.69 Å². The molecule has 0 aliphatic rings. The Bertz CT molecular complexity index is 743.